The minimum Gasteiger partial charge on any atom is -0.456 e. The molecule has 2 aliphatic rings. The average molecular weight is 317 g/mol. The molecule has 0 spiro atoms. The van der Waals surface area contributed by atoms with Crippen LogP contribution in [0.3, 0.4) is 0 Å². The summed E-state index contributed by atoms with van der Waals surface area (Å²) in [6, 6.07) is 18.5. The van der Waals surface area contributed by atoms with E-state index >= 15 is 0 Å². The van der Waals surface area contributed by atoms with E-state index in [4.69, 9.17) is 4.42 Å². The highest BCUT2D eigenvalue weighted by molar-refractivity contribution is 5.91. The van der Waals surface area contributed by atoms with E-state index in [9.17, 15) is 14.9 Å². The highest BCUT2D eigenvalue weighted by atomic mass is 16.6. The maximum atomic E-state index is 12.1. The Bertz CT molecular complexity index is 1110. The SMILES string of the molecule is O=c1cc2oc3ccccc3cc-2c(-c2ccccc2[N+](=O)[O-])c1. The molecule has 0 amide bonds. The van der Waals surface area contributed by atoms with Gasteiger partial charge in [0, 0.05) is 28.6 Å². The first kappa shape index (κ1) is 14.1. The van der Waals surface area contributed by atoms with Crippen molar-refractivity contribution in [2.75, 3.05) is 0 Å². The van der Waals surface area contributed by atoms with E-state index in [1.807, 2.05) is 30.3 Å². The van der Waals surface area contributed by atoms with Crippen LogP contribution in [-0.2, 0) is 0 Å². The molecule has 4 rings (SSSR count). The summed E-state index contributed by atoms with van der Waals surface area (Å²) in [4.78, 5) is 22.9. The van der Waals surface area contributed by atoms with Crippen LogP contribution in [0.25, 0.3) is 33.4 Å². The molecular formula is C19H11NO4. The van der Waals surface area contributed by atoms with Crippen LogP contribution in [0.15, 0.2) is 75.9 Å². The van der Waals surface area contributed by atoms with Crippen LogP contribution >= 0.6 is 0 Å². The van der Waals surface area contributed by atoms with Gasteiger partial charge in [0.1, 0.15) is 11.3 Å². The van der Waals surface area contributed by atoms with E-state index in [-0.39, 0.29) is 11.1 Å². The summed E-state index contributed by atoms with van der Waals surface area (Å²) >= 11 is 0. The van der Waals surface area contributed by atoms with Gasteiger partial charge >= 0.3 is 0 Å². The predicted molar refractivity (Wildman–Crippen MR) is 91.2 cm³/mol. The van der Waals surface area contributed by atoms with Gasteiger partial charge in [0.25, 0.3) is 5.69 Å². The Hall–Kier alpha value is -3.47. The van der Waals surface area contributed by atoms with E-state index < -0.39 is 4.92 Å². The number of rotatable bonds is 2. The van der Waals surface area contributed by atoms with Crippen LogP contribution in [0.1, 0.15) is 0 Å². The number of fused-ring (bicyclic) bond motifs is 2. The molecule has 1 aliphatic carbocycles. The van der Waals surface area contributed by atoms with Gasteiger partial charge in [-0.05, 0) is 24.3 Å². The standard InChI is InChI=1S/C19H11NO4/c21-13-10-15(14-6-2-3-7-17(14)20(22)23)16-9-12-5-1-4-8-18(12)24-19(16)11-13/h1-11H. The Labute approximate surface area is 136 Å². The number of nitro benzene ring substituents is 1. The smallest absolute Gasteiger partial charge is 0.277 e. The van der Waals surface area contributed by atoms with Gasteiger partial charge in [0.15, 0.2) is 5.43 Å². The zero-order chi connectivity index (χ0) is 16.7. The minimum absolute atomic E-state index is 0.0439. The fraction of sp³-hybridized carbons (Fsp3) is 0. The van der Waals surface area contributed by atoms with Crippen molar-refractivity contribution in [1.82, 2.24) is 0 Å². The summed E-state index contributed by atoms with van der Waals surface area (Å²) < 4.78 is 5.82. The first-order valence-electron chi connectivity index (χ1n) is 7.34. The van der Waals surface area contributed by atoms with E-state index in [1.54, 1.807) is 18.2 Å². The third-order valence-electron chi connectivity index (χ3n) is 3.95. The third kappa shape index (κ3) is 2.23. The van der Waals surface area contributed by atoms with Gasteiger partial charge in [0.05, 0.1) is 10.5 Å². The van der Waals surface area contributed by atoms with Crippen LogP contribution < -0.4 is 5.43 Å². The summed E-state index contributed by atoms with van der Waals surface area (Å²) in [5.41, 5.74) is 1.92. The summed E-state index contributed by atoms with van der Waals surface area (Å²) in [6.45, 7) is 0. The molecule has 5 nitrogen and oxygen atoms in total. The van der Waals surface area contributed by atoms with E-state index in [1.165, 1.54) is 18.2 Å². The van der Waals surface area contributed by atoms with Crippen LogP contribution in [0.5, 0.6) is 0 Å². The van der Waals surface area contributed by atoms with Crippen LogP contribution in [0.4, 0.5) is 5.69 Å². The van der Waals surface area contributed by atoms with Crippen molar-refractivity contribution in [2.24, 2.45) is 0 Å². The van der Waals surface area contributed by atoms with E-state index in [0.717, 1.165) is 5.39 Å². The summed E-state index contributed by atoms with van der Waals surface area (Å²) in [5, 5.41) is 12.2. The van der Waals surface area contributed by atoms with Gasteiger partial charge in [-0.1, -0.05) is 30.3 Å². The Morgan fingerprint density at radius 1 is 0.833 bits per heavy atom. The monoisotopic (exact) mass is 317 g/mol. The summed E-state index contributed by atoms with van der Waals surface area (Å²) in [5.74, 6) is 0.411. The Morgan fingerprint density at radius 2 is 1.58 bits per heavy atom. The third-order valence-corrected chi connectivity index (χ3v) is 3.95. The quantitative estimate of drug-likeness (QED) is 0.310. The fourth-order valence-electron chi connectivity index (χ4n) is 2.88. The minimum atomic E-state index is -0.448. The zero-order valence-electron chi connectivity index (χ0n) is 12.4. The molecule has 1 aliphatic heterocycles. The summed E-state index contributed by atoms with van der Waals surface area (Å²) in [6.07, 6.45) is 0. The first-order chi connectivity index (χ1) is 11.6. The number of nitrogens with zero attached hydrogens (tertiary/aromatic N) is 1. The molecule has 116 valence electrons. The highest BCUT2D eigenvalue weighted by Crippen LogP contribution is 2.38. The lowest BCUT2D eigenvalue weighted by atomic mass is 9.95. The Balaban J connectivity index is 2.11. The molecule has 0 N–H and O–H groups in total. The van der Waals surface area contributed by atoms with Crippen molar-refractivity contribution in [2.45, 2.75) is 0 Å². The second-order valence-corrected chi connectivity index (χ2v) is 5.44. The molecule has 2 aromatic rings. The van der Waals surface area contributed by atoms with Crippen molar-refractivity contribution < 1.29 is 9.34 Å². The predicted octanol–water partition coefficient (Wildman–Crippen LogP) is 4.47. The first-order valence-corrected chi connectivity index (χ1v) is 7.34. The molecule has 0 aromatic heterocycles. The van der Waals surface area contributed by atoms with Crippen molar-refractivity contribution >= 4 is 16.7 Å². The van der Waals surface area contributed by atoms with Gasteiger partial charge < -0.3 is 4.42 Å². The molecule has 0 unspecified atom stereocenters. The van der Waals surface area contributed by atoms with E-state index in [2.05, 4.69) is 0 Å². The lowest BCUT2D eigenvalue weighted by Gasteiger charge is -2.12. The number of hydrogen-bond donors (Lipinski definition) is 0. The summed E-state index contributed by atoms with van der Waals surface area (Å²) in [7, 11) is 0. The van der Waals surface area contributed by atoms with Gasteiger partial charge in [0.2, 0.25) is 0 Å². The number of benzene rings is 3. The largest absolute Gasteiger partial charge is 0.456 e. The zero-order valence-corrected chi connectivity index (χ0v) is 12.4. The Morgan fingerprint density at radius 3 is 2.42 bits per heavy atom. The molecule has 0 saturated carbocycles. The lowest BCUT2D eigenvalue weighted by Crippen LogP contribution is -2.02. The van der Waals surface area contributed by atoms with Crippen LogP contribution in [0, 0.1) is 10.1 Å². The van der Waals surface area contributed by atoms with Crippen molar-refractivity contribution in [3.63, 3.8) is 0 Å². The molecular weight excluding hydrogens is 306 g/mol. The van der Waals surface area contributed by atoms with Gasteiger partial charge in [-0.2, -0.15) is 0 Å². The second kappa shape index (κ2) is 5.31. The Kier molecular flexibility index (Phi) is 3.13. The maximum absolute atomic E-state index is 12.1. The van der Waals surface area contributed by atoms with Crippen molar-refractivity contribution in [3.05, 3.63) is 87.1 Å². The molecule has 0 fully saturated rings. The number of hydrogen-bond acceptors (Lipinski definition) is 4. The van der Waals surface area contributed by atoms with Gasteiger partial charge in [-0.3, -0.25) is 14.9 Å². The molecule has 0 bridgehead atoms. The van der Waals surface area contributed by atoms with Crippen molar-refractivity contribution in [3.8, 4) is 22.5 Å². The van der Waals surface area contributed by atoms with Crippen LogP contribution in [0.2, 0.25) is 0 Å². The molecule has 5 heteroatoms. The molecule has 1 heterocycles. The number of nitro groups is 1. The van der Waals surface area contributed by atoms with Gasteiger partial charge in [-0.15, -0.1) is 0 Å². The molecule has 0 saturated heterocycles. The van der Waals surface area contributed by atoms with Crippen molar-refractivity contribution in [1.29, 1.82) is 0 Å². The highest BCUT2D eigenvalue weighted by Gasteiger charge is 2.21. The van der Waals surface area contributed by atoms with E-state index in [0.29, 0.717) is 28.0 Å². The number of para-hydroxylation sites is 2. The molecule has 0 radical (unpaired) electrons. The average Bonchev–Trinajstić information content (AvgIpc) is 2.59. The molecule has 0 atom stereocenters. The topological polar surface area (TPSA) is 73.3 Å². The molecule has 2 aromatic carbocycles. The van der Waals surface area contributed by atoms with Gasteiger partial charge in [-0.25, -0.2) is 0 Å². The maximum Gasteiger partial charge on any atom is 0.277 e. The van der Waals surface area contributed by atoms with Crippen LogP contribution in [-0.4, -0.2) is 4.92 Å². The fourth-order valence-corrected chi connectivity index (χ4v) is 2.88. The molecule has 24 heavy (non-hydrogen) atoms. The second-order valence-electron chi connectivity index (χ2n) is 5.44. The lowest BCUT2D eigenvalue weighted by molar-refractivity contribution is -0.384. The normalized spacial score (nSPS) is 11.0.